The van der Waals surface area contributed by atoms with Crippen molar-refractivity contribution in [2.45, 2.75) is 6.92 Å². The molecule has 2 aromatic rings. The van der Waals surface area contributed by atoms with Gasteiger partial charge in [0.05, 0.1) is 24.4 Å². The van der Waals surface area contributed by atoms with Gasteiger partial charge in [0.1, 0.15) is 12.4 Å². The van der Waals surface area contributed by atoms with E-state index >= 15 is 0 Å². The fourth-order valence-electron chi connectivity index (χ4n) is 2.17. The van der Waals surface area contributed by atoms with Crippen LogP contribution in [0.25, 0.3) is 0 Å². The molecule has 0 aliphatic carbocycles. The number of hydrogen-bond donors (Lipinski definition) is 1. The zero-order valence-corrected chi connectivity index (χ0v) is 16.6. The molecule has 0 heterocycles. The van der Waals surface area contributed by atoms with Crippen LogP contribution in [-0.2, 0) is 0 Å². The van der Waals surface area contributed by atoms with Crippen molar-refractivity contribution in [3.63, 3.8) is 0 Å². The summed E-state index contributed by atoms with van der Waals surface area (Å²) in [4.78, 5) is 12.1. The fourth-order valence-corrected chi connectivity index (χ4v) is 2.74. The minimum atomic E-state index is -0.325. The maximum absolute atomic E-state index is 12.1. The molecule has 6 nitrogen and oxygen atoms in total. The summed E-state index contributed by atoms with van der Waals surface area (Å²) in [7, 11) is 1.53. The number of ether oxygens (including phenoxy) is 3. The topological polar surface area (TPSA) is 69.2 Å². The molecule has 0 radical (unpaired) electrons. The van der Waals surface area contributed by atoms with Gasteiger partial charge in [-0.05, 0) is 64.8 Å². The van der Waals surface area contributed by atoms with E-state index < -0.39 is 0 Å². The molecule has 27 heavy (non-hydrogen) atoms. The van der Waals surface area contributed by atoms with Crippen LogP contribution in [0.1, 0.15) is 22.8 Å². The number of hydrazone groups is 1. The average Bonchev–Trinajstić information content (AvgIpc) is 2.67. The number of hydrogen-bond acceptors (Lipinski definition) is 5. The van der Waals surface area contributed by atoms with Crippen LogP contribution in [0.2, 0.25) is 0 Å². The number of nitrogens with zero attached hydrogens (tertiary/aromatic N) is 1. The van der Waals surface area contributed by atoms with Crippen molar-refractivity contribution >= 4 is 28.1 Å². The quantitative estimate of drug-likeness (QED) is 0.394. The fraction of sp³-hybridized carbons (Fsp3) is 0.200. The van der Waals surface area contributed by atoms with Crippen molar-refractivity contribution in [3.05, 3.63) is 52.0 Å². The normalized spacial score (nSPS) is 10.3. The second kappa shape index (κ2) is 10.2. The number of methoxy groups -OCH3 is 1. The second-order valence-electron chi connectivity index (χ2n) is 5.18. The predicted molar refractivity (Wildman–Crippen MR) is 108 cm³/mol. The van der Waals surface area contributed by atoms with E-state index in [0.717, 1.165) is 0 Å². The summed E-state index contributed by atoms with van der Waals surface area (Å²) < 4.78 is 16.8. The third-order valence-electron chi connectivity index (χ3n) is 3.36. The van der Waals surface area contributed by atoms with Crippen molar-refractivity contribution in [1.82, 2.24) is 5.43 Å². The molecule has 1 amide bonds. The van der Waals surface area contributed by atoms with Crippen LogP contribution in [0.3, 0.4) is 0 Å². The van der Waals surface area contributed by atoms with Gasteiger partial charge in [0.15, 0.2) is 11.5 Å². The summed E-state index contributed by atoms with van der Waals surface area (Å²) in [6.07, 6.45) is 6.72. The highest BCUT2D eigenvalue weighted by Crippen LogP contribution is 2.36. The largest absolute Gasteiger partial charge is 0.494 e. The Morgan fingerprint density at radius 1 is 1.30 bits per heavy atom. The Balaban J connectivity index is 2.05. The van der Waals surface area contributed by atoms with E-state index in [4.69, 9.17) is 20.6 Å². The first kappa shape index (κ1) is 20.3. The van der Waals surface area contributed by atoms with Gasteiger partial charge >= 0.3 is 0 Å². The van der Waals surface area contributed by atoms with Crippen molar-refractivity contribution in [2.24, 2.45) is 5.10 Å². The number of rotatable bonds is 8. The standard InChI is InChI=1S/C20H19BrN2O4/c1-4-10-27-19-17(21)11-14(12-18(19)25-3)13-22-23-20(24)15-6-8-16(9-7-15)26-5-2/h1,6-9,11-13H,5,10H2,2-3H3,(H,23,24)/b22-13+. The summed E-state index contributed by atoms with van der Waals surface area (Å²) in [5.41, 5.74) is 3.67. The lowest BCUT2D eigenvalue weighted by molar-refractivity contribution is 0.0955. The second-order valence-corrected chi connectivity index (χ2v) is 6.04. The SMILES string of the molecule is C#CCOc1c(Br)cc(/C=N/NC(=O)c2ccc(OCC)cc2)cc1OC. The molecule has 0 aliphatic heterocycles. The van der Waals surface area contributed by atoms with Gasteiger partial charge < -0.3 is 14.2 Å². The first-order chi connectivity index (χ1) is 13.1. The zero-order chi connectivity index (χ0) is 19.6. The summed E-state index contributed by atoms with van der Waals surface area (Å²) in [5.74, 6) is 3.79. The Labute approximate surface area is 166 Å². The van der Waals surface area contributed by atoms with E-state index in [1.807, 2.05) is 6.92 Å². The Kier molecular flexibility index (Phi) is 7.71. The molecule has 1 N–H and O–H groups in total. The van der Waals surface area contributed by atoms with Gasteiger partial charge in [0.25, 0.3) is 5.91 Å². The van der Waals surface area contributed by atoms with Gasteiger partial charge in [0, 0.05) is 5.56 Å². The van der Waals surface area contributed by atoms with Gasteiger partial charge in [-0.25, -0.2) is 5.43 Å². The van der Waals surface area contributed by atoms with Crippen LogP contribution in [0.5, 0.6) is 17.2 Å². The van der Waals surface area contributed by atoms with E-state index in [0.29, 0.717) is 39.5 Å². The number of benzene rings is 2. The molecule has 0 aliphatic rings. The van der Waals surface area contributed by atoms with Crippen molar-refractivity contribution in [1.29, 1.82) is 0 Å². The third kappa shape index (κ3) is 5.76. The van der Waals surface area contributed by atoms with E-state index in [2.05, 4.69) is 32.4 Å². The summed E-state index contributed by atoms with van der Waals surface area (Å²) >= 11 is 3.41. The molecule has 7 heteroatoms. The van der Waals surface area contributed by atoms with Gasteiger partial charge in [-0.2, -0.15) is 5.10 Å². The molecule has 0 atom stereocenters. The zero-order valence-electron chi connectivity index (χ0n) is 15.0. The molecule has 2 rings (SSSR count). The smallest absolute Gasteiger partial charge is 0.271 e. The molecule has 140 valence electrons. The molecular formula is C20H19BrN2O4. The van der Waals surface area contributed by atoms with Crippen LogP contribution in [0.4, 0.5) is 0 Å². The lowest BCUT2D eigenvalue weighted by atomic mass is 10.2. The van der Waals surface area contributed by atoms with Crippen LogP contribution in [0, 0.1) is 12.3 Å². The number of nitrogens with one attached hydrogen (secondary N) is 1. The summed E-state index contributed by atoms with van der Waals surface area (Å²) in [6, 6.07) is 10.3. The highest BCUT2D eigenvalue weighted by atomic mass is 79.9. The molecule has 0 saturated carbocycles. The molecule has 0 aromatic heterocycles. The van der Waals surface area contributed by atoms with Gasteiger partial charge in [-0.3, -0.25) is 4.79 Å². The minimum absolute atomic E-state index is 0.126. The predicted octanol–water partition coefficient (Wildman–Crippen LogP) is 3.63. The maximum Gasteiger partial charge on any atom is 0.271 e. The Bertz CT molecular complexity index is 858. The van der Waals surface area contributed by atoms with Crippen molar-refractivity contribution < 1.29 is 19.0 Å². The van der Waals surface area contributed by atoms with Crippen LogP contribution < -0.4 is 19.6 Å². The summed E-state index contributed by atoms with van der Waals surface area (Å²) in [5, 5.41) is 3.98. The van der Waals surface area contributed by atoms with Crippen LogP contribution in [-0.4, -0.2) is 32.4 Å². The number of terminal acetylenes is 1. The van der Waals surface area contributed by atoms with E-state index in [9.17, 15) is 4.79 Å². The van der Waals surface area contributed by atoms with Crippen molar-refractivity contribution in [3.8, 4) is 29.6 Å². The number of carbonyl (C=O) groups excluding carboxylic acids is 1. The highest BCUT2D eigenvalue weighted by molar-refractivity contribution is 9.10. The van der Waals surface area contributed by atoms with Gasteiger partial charge in [-0.15, -0.1) is 6.42 Å². The molecule has 0 spiro atoms. The van der Waals surface area contributed by atoms with E-state index in [-0.39, 0.29) is 12.5 Å². The van der Waals surface area contributed by atoms with Crippen LogP contribution >= 0.6 is 15.9 Å². The Morgan fingerprint density at radius 2 is 2.04 bits per heavy atom. The summed E-state index contributed by atoms with van der Waals surface area (Å²) in [6.45, 7) is 2.60. The first-order valence-electron chi connectivity index (χ1n) is 8.09. The highest BCUT2D eigenvalue weighted by Gasteiger charge is 2.11. The van der Waals surface area contributed by atoms with Crippen molar-refractivity contribution in [2.75, 3.05) is 20.3 Å². The number of amides is 1. The van der Waals surface area contributed by atoms with E-state index in [1.54, 1.807) is 36.4 Å². The van der Waals surface area contributed by atoms with Gasteiger partial charge in [0.2, 0.25) is 0 Å². The molecule has 2 aromatic carbocycles. The number of halogens is 1. The monoisotopic (exact) mass is 430 g/mol. The third-order valence-corrected chi connectivity index (χ3v) is 3.95. The Hall–Kier alpha value is -2.98. The molecule has 0 bridgehead atoms. The minimum Gasteiger partial charge on any atom is -0.494 e. The number of carbonyl (C=O) groups is 1. The lowest BCUT2D eigenvalue weighted by Gasteiger charge is -2.11. The maximum atomic E-state index is 12.1. The average molecular weight is 431 g/mol. The molecular weight excluding hydrogens is 412 g/mol. The lowest BCUT2D eigenvalue weighted by Crippen LogP contribution is -2.17. The van der Waals surface area contributed by atoms with Crippen LogP contribution in [0.15, 0.2) is 46.0 Å². The molecule has 0 unspecified atom stereocenters. The first-order valence-corrected chi connectivity index (χ1v) is 8.88. The Morgan fingerprint density at radius 3 is 2.67 bits per heavy atom. The van der Waals surface area contributed by atoms with E-state index in [1.165, 1.54) is 13.3 Å². The molecule has 0 saturated heterocycles. The molecule has 0 fully saturated rings. The van der Waals surface area contributed by atoms with Gasteiger partial charge in [-0.1, -0.05) is 5.92 Å².